The van der Waals surface area contributed by atoms with Crippen molar-refractivity contribution >= 4 is 15.9 Å². The van der Waals surface area contributed by atoms with Gasteiger partial charge in [-0.05, 0) is 36.9 Å². The average molecular weight is 219 g/mol. The van der Waals surface area contributed by atoms with Gasteiger partial charge in [0.15, 0.2) is 0 Å². The van der Waals surface area contributed by atoms with Crippen LogP contribution in [0.1, 0.15) is 20.8 Å². The van der Waals surface area contributed by atoms with Crippen molar-refractivity contribution in [2.75, 3.05) is 6.54 Å². The second-order valence-corrected chi connectivity index (χ2v) is 3.61. The quantitative estimate of drug-likeness (QED) is 0.713. The van der Waals surface area contributed by atoms with Gasteiger partial charge in [0.05, 0.1) is 5.82 Å². The smallest absolute Gasteiger partial charge is 0.0990 e. The summed E-state index contributed by atoms with van der Waals surface area (Å²) in [5.41, 5.74) is 6.74. The fourth-order valence-corrected chi connectivity index (χ4v) is 1.05. The summed E-state index contributed by atoms with van der Waals surface area (Å²) in [6.45, 7) is 6.83. The molecule has 11 heavy (non-hydrogen) atoms. The van der Waals surface area contributed by atoms with Crippen LogP contribution in [0.4, 0.5) is 0 Å². The van der Waals surface area contributed by atoms with Crippen molar-refractivity contribution in [1.29, 1.82) is 0 Å². The van der Waals surface area contributed by atoms with Crippen LogP contribution in [0.15, 0.2) is 22.0 Å². The number of nitrogens with two attached hydrogens (primary N) is 1. The molecule has 0 atom stereocenters. The molecular weight excluding hydrogens is 204 g/mol. The topological polar surface area (TPSA) is 38.0 Å². The van der Waals surface area contributed by atoms with Crippen molar-refractivity contribution in [2.24, 2.45) is 5.73 Å². The highest BCUT2D eigenvalue weighted by molar-refractivity contribution is 9.11. The van der Waals surface area contributed by atoms with Gasteiger partial charge in [0.2, 0.25) is 0 Å². The molecule has 0 saturated heterocycles. The average Bonchev–Trinajstić information content (AvgIpc) is 1.86. The summed E-state index contributed by atoms with van der Waals surface area (Å²) in [6, 6.07) is 0. The lowest BCUT2D eigenvalue weighted by Gasteiger charge is -2.04. The van der Waals surface area contributed by atoms with E-state index >= 15 is 0 Å². The summed E-state index contributed by atoms with van der Waals surface area (Å²) in [6.07, 6.45) is 1.98. The van der Waals surface area contributed by atoms with Crippen LogP contribution in [0, 0.1) is 0 Å². The highest BCUT2D eigenvalue weighted by Crippen LogP contribution is 2.07. The van der Waals surface area contributed by atoms with Crippen LogP contribution in [0.3, 0.4) is 0 Å². The zero-order valence-corrected chi connectivity index (χ0v) is 8.83. The molecule has 0 amide bonds. The third-order valence-corrected chi connectivity index (χ3v) is 1.44. The van der Waals surface area contributed by atoms with E-state index in [-0.39, 0.29) is 0 Å². The molecule has 3 heteroatoms. The maximum Gasteiger partial charge on any atom is 0.0990 e. The van der Waals surface area contributed by atoms with Crippen molar-refractivity contribution < 1.29 is 0 Å². The molecule has 0 aromatic rings. The lowest BCUT2D eigenvalue weighted by Crippen LogP contribution is -2.20. The molecule has 0 fully saturated rings. The summed E-state index contributed by atoms with van der Waals surface area (Å²) in [7, 11) is 0. The Labute approximate surface area is 76.7 Å². The summed E-state index contributed by atoms with van der Waals surface area (Å²) in [4.78, 5) is 0. The van der Waals surface area contributed by atoms with Gasteiger partial charge < -0.3 is 11.1 Å². The molecule has 0 aromatic heterocycles. The van der Waals surface area contributed by atoms with E-state index in [1.54, 1.807) is 0 Å². The van der Waals surface area contributed by atoms with Gasteiger partial charge in [0.1, 0.15) is 0 Å². The number of hydrogen-bond acceptors (Lipinski definition) is 2. The van der Waals surface area contributed by atoms with E-state index in [1.807, 2.05) is 26.8 Å². The van der Waals surface area contributed by atoms with Gasteiger partial charge in [0, 0.05) is 6.54 Å². The first kappa shape index (κ1) is 10.6. The third-order valence-electron chi connectivity index (χ3n) is 1.21. The Morgan fingerprint density at radius 2 is 2.09 bits per heavy atom. The minimum absolute atomic E-state index is 0.742. The molecule has 0 heterocycles. The molecule has 0 spiro atoms. The van der Waals surface area contributed by atoms with Crippen molar-refractivity contribution in [1.82, 2.24) is 5.32 Å². The molecule has 0 aliphatic rings. The normalized spacial score (nSPS) is 14.4. The first-order chi connectivity index (χ1) is 5.07. The zero-order chi connectivity index (χ0) is 8.85. The van der Waals surface area contributed by atoms with Crippen LogP contribution in [0.25, 0.3) is 0 Å². The van der Waals surface area contributed by atoms with Crippen LogP contribution >= 0.6 is 15.9 Å². The first-order valence-corrected chi connectivity index (χ1v) is 4.41. The Morgan fingerprint density at radius 3 is 2.45 bits per heavy atom. The van der Waals surface area contributed by atoms with Gasteiger partial charge in [-0.1, -0.05) is 15.9 Å². The highest BCUT2D eigenvalue weighted by atomic mass is 79.9. The van der Waals surface area contributed by atoms with Crippen LogP contribution in [0.5, 0.6) is 0 Å². The monoisotopic (exact) mass is 218 g/mol. The van der Waals surface area contributed by atoms with Crippen LogP contribution < -0.4 is 11.1 Å². The largest absolute Gasteiger partial charge is 0.385 e. The Bertz CT molecular complexity index is 179. The second-order valence-electron chi connectivity index (χ2n) is 2.36. The number of allylic oxidation sites excluding steroid dienone is 3. The van der Waals surface area contributed by atoms with E-state index in [2.05, 4.69) is 21.2 Å². The fraction of sp³-hybridized carbons (Fsp3) is 0.500. The Hall–Kier alpha value is -0.440. The molecule has 64 valence electrons. The van der Waals surface area contributed by atoms with E-state index in [1.165, 1.54) is 0 Å². The van der Waals surface area contributed by atoms with Crippen molar-refractivity contribution in [3.8, 4) is 0 Å². The maximum atomic E-state index is 5.68. The Balaban J connectivity index is 4.27. The van der Waals surface area contributed by atoms with E-state index in [9.17, 15) is 0 Å². The lowest BCUT2D eigenvalue weighted by atomic mass is 10.3. The van der Waals surface area contributed by atoms with Crippen LogP contribution in [0.2, 0.25) is 0 Å². The van der Waals surface area contributed by atoms with Gasteiger partial charge >= 0.3 is 0 Å². The Kier molecular flexibility index (Phi) is 5.03. The molecule has 0 aliphatic carbocycles. The zero-order valence-electron chi connectivity index (χ0n) is 7.24. The minimum atomic E-state index is 0.742. The summed E-state index contributed by atoms with van der Waals surface area (Å²) < 4.78 is 1.08. The molecule has 0 aliphatic heterocycles. The first-order valence-electron chi connectivity index (χ1n) is 3.62. The second kappa shape index (κ2) is 5.24. The minimum Gasteiger partial charge on any atom is -0.385 e. The number of halogens is 1. The maximum absolute atomic E-state index is 5.68. The molecule has 0 bridgehead atoms. The van der Waals surface area contributed by atoms with E-state index in [0.717, 1.165) is 22.4 Å². The fourth-order valence-electron chi connectivity index (χ4n) is 0.706. The Morgan fingerprint density at radius 1 is 1.55 bits per heavy atom. The predicted molar refractivity (Wildman–Crippen MR) is 53.2 cm³/mol. The third kappa shape index (κ3) is 4.90. The molecular formula is C8H15BrN2. The molecule has 3 N–H and O–H groups in total. The summed E-state index contributed by atoms with van der Waals surface area (Å²) >= 11 is 3.34. The van der Waals surface area contributed by atoms with Crippen molar-refractivity contribution in [2.45, 2.75) is 20.8 Å². The summed E-state index contributed by atoms with van der Waals surface area (Å²) in [5, 5.41) is 3.04. The van der Waals surface area contributed by atoms with Gasteiger partial charge in [0.25, 0.3) is 0 Å². The van der Waals surface area contributed by atoms with Gasteiger partial charge in [-0.3, -0.25) is 0 Å². The molecule has 2 nitrogen and oxygen atoms in total. The van der Waals surface area contributed by atoms with Gasteiger partial charge in [-0.2, -0.15) is 0 Å². The van der Waals surface area contributed by atoms with E-state index < -0.39 is 0 Å². The van der Waals surface area contributed by atoms with Crippen LogP contribution in [-0.4, -0.2) is 6.54 Å². The number of hydrogen-bond donors (Lipinski definition) is 2. The SMILES string of the molecule is CCN/C(N)=C(C)/C=C(\C)Br. The van der Waals surface area contributed by atoms with Gasteiger partial charge in [-0.25, -0.2) is 0 Å². The van der Waals surface area contributed by atoms with E-state index in [4.69, 9.17) is 5.73 Å². The van der Waals surface area contributed by atoms with Crippen LogP contribution in [-0.2, 0) is 0 Å². The highest BCUT2D eigenvalue weighted by Gasteiger charge is 1.91. The van der Waals surface area contributed by atoms with Crippen molar-refractivity contribution in [3.05, 3.63) is 22.0 Å². The molecule has 0 aromatic carbocycles. The molecule has 0 unspecified atom stereocenters. The number of rotatable bonds is 3. The van der Waals surface area contributed by atoms with Crippen molar-refractivity contribution in [3.63, 3.8) is 0 Å². The lowest BCUT2D eigenvalue weighted by molar-refractivity contribution is 0.829. The molecule has 0 radical (unpaired) electrons. The van der Waals surface area contributed by atoms with E-state index in [0.29, 0.717) is 0 Å². The molecule has 0 saturated carbocycles. The predicted octanol–water partition coefficient (Wildman–Crippen LogP) is 2.08. The van der Waals surface area contributed by atoms with Gasteiger partial charge in [-0.15, -0.1) is 0 Å². The standard InChI is InChI=1S/C8H15BrN2/c1-4-11-8(10)6(2)5-7(3)9/h5,11H,4,10H2,1-3H3/b7-5+,8-6+. The summed E-state index contributed by atoms with van der Waals surface area (Å²) in [5.74, 6) is 0.742. The number of nitrogens with one attached hydrogen (secondary N) is 1. The molecule has 0 rings (SSSR count).